The van der Waals surface area contributed by atoms with E-state index >= 15 is 0 Å². The molecule has 0 aliphatic carbocycles. The van der Waals surface area contributed by atoms with E-state index in [-0.39, 0.29) is 11.8 Å². The highest BCUT2D eigenvalue weighted by molar-refractivity contribution is 5.93. The van der Waals surface area contributed by atoms with E-state index in [4.69, 9.17) is 0 Å². The lowest BCUT2D eigenvalue weighted by atomic mass is 10.1. The van der Waals surface area contributed by atoms with Gasteiger partial charge in [-0.1, -0.05) is 35.9 Å². The standard InChI is InChI=1S/C22H27N3O2/c1-16-8-9-19(17(2)12-16)10-11-21(26)23-14-18-6-5-7-20(13-18)24-22(27)15-25(3)4/h5-13H,14-15H2,1-4H3,(H,23,26)(H,24,27)/b11-10+. The van der Waals surface area contributed by atoms with Crippen molar-refractivity contribution in [2.24, 2.45) is 0 Å². The summed E-state index contributed by atoms with van der Waals surface area (Å²) in [5.74, 6) is -0.227. The Morgan fingerprint density at radius 1 is 1.07 bits per heavy atom. The zero-order chi connectivity index (χ0) is 19.8. The van der Waals surface area contributed by atoms with Crippen molar-refractivity contribution in [3.05, 3.63) is 70.8 Å². The predicted molar refractivity (Wildman–Crippen MR) is 110 cm³/mol. The van der Waals surface area contributed by atoms with Crippen molar-refractivity contribution < 1.29 is 9.59 Å². The molecule has 142 valence electrons. The fourth-order valence-corrected chi connectivity index (χ4v) is 2.67. The van der Waals surface area contributed by atoms with Crippen molar-refractivity contribution in [1.29, 1.82) is 0 Å². The Kier molecular flexibility index (Phi) is 7.32. The first-order valence-electron chi connectivity index (χ1n) is 8.90. The number of likely N-dealkylation sites (N-methyl/N-ethyl adjacent to an activating group) is 1. The van der Waals surface area contributed by atoms with E-state index in [1.54, 1.807) is 6.08 Å². The SMILES string of the molecule is Cc1ccc(/C=C/C(=O)NCc2cccc(NC(=O)CN(C)C)c2)c(C)c1. The molecule has 0 aliphatic heterocycles. The Bertz CT molecular complexity index is 841. The van der Waals surface area contributed by atoms with Crippen molar-refractivity contribution in [2.45, 2.75) is 20.4 Å². The number of amides is 2. The number of hydrogen-bond donors (Lipinski definition) is 2. The first-order valence-corrected chi connectivity index (χ1v) is 8.90. The van der Waals surface area contributed by atoms with Crippen LogP contribution in [0, 0.1) is 13.8 Å². The first-order chi connectivity index (χ1) is 12.8. The quantitative estimate of drug-likeness (QED) is 0.741. The van der Waals surface area contributed by atoms with Gasteiger partial charge in [0, 0.05) is 18.3 Å². The summed E-state index contributed by atoms with van der Waals surface area (Å²) in [5.41, 5.74) is 5.01. The molecule has 0 spiro atoms. The summed E-state index contributed by atoms with van der Waals surface area (Å²) in [5, 5.41) is 5.72. The number of nitrogens with one attached hydrogen (secondary N) is 2. The Hall–Kier alpha value is -2.92. The van der Waals surface area contributed by atoms with Gasteiger partial charge in [0.15, 0.2) is 0 Å². The maximum absolute atomic E-state index is 12.1. The second-order valence-corrected chi connectivity index (χ2v) is 6.90. The van der Waals surface area contributed by atoms with Crippen LogP contribution in [-0.4, -0.2) is 37.4 Å². The molecule has 27 heavy (non-hydrogen) atoms. The third-order valence-corrected chi connectivity index (χ3v) is 3.98. The minimum Gasteiger partial charge on any atom is -0.348 e. The van der Waals surface area contributed by atoms with Crippen molar-refractivity contribution in [2.75, 3.05) is 26.0 Å². The van der Waals surface area contributed by atoms with E-state index in [9.17, 15) is 9.59 Å². The molecule has 2 aromatic carbocycles. The largest absolute Gasteiger partial charge is 0.348 e. The summed E-state index contributed by atoms with van der Waals surface area (Å²) >= 11 is 0. The fraction of sp³-hybridized carbons (Fsp3) is 0.273. The van der Waals surface area contributed by atoms with Gasteiger partial charge in [-0.3, -0.25) is 9.59 Å². The molecule has 0 saturated carbocycles. The van der Waals surface area contributed by atoms with Gasteiger partial charge in [0.05, 0.1) is 6.54 Å². The molecule has 0 saturated heterocycles. The smallest absolute Gasteiger partial charge is 0.244 e. The molecule has 5 heteroatoms. The van der Waals surface area contributed by atoms with Gasteiger partial charge in [-0.2, -0.15) is 0 Å². The van der Waals surface area contributed by atoms with Gasteiger partial charge in [-0.05, 0) is 62.8 Å². The molecular weight excluding hydrogens is 338 g/mol. The Morgan fingerprint density at radius 3 is 2.56 bits per heavy atom. The monoisotopic (exact) mass is 365 g/mol. The van der Waals surface area contributed by atoms with Crippen molar-refractivity contribution >= 4 is 23.6 Å². The van der Waals surface area contributed by atoms with Crippen LogP contribution in [0.15, 0.2) is 48.5 Å². The number of benzene rings is 2. The van der Waals surface area contributed by atoms with Crippen LogP contribution in [0.4, 0.5) is 5.69 Å². The lowest BCUT2D eigenvalue weighted by Gasteiger charge is -2.11. The molecule has 5 nitrogen and oxygen atoms in total. The number of anilines is 1. The lowest BCUT2D eigenvalue weighted by molar-refractivity contribution is -0.117. The second-order valence-electron chi connectivity index (χ2n) is 6.90. The molecule has 0 unspecified atom stereocenters. The molecule has 0 atom stereocenters. The van der Waals surface area contributed by atoms with Gasteiger partial charge in [0.2, 0.25) is 11.8 Å². The molecular formula is C22H27N3O2. The maximum atomic E-state index is 12.1. The number of aryl methyl sites for hydroxylation is 2. The third kappa shape index (κ3) is 7.07. The first kappa shape index (κ1) is 20.4. The average molecular weight is 365 g/mol. The van der Waals surface area contributed by atoms with E-state index < -0.39 is 0 Å². The molecule has 2 aromatic rings. The molecule has 0 heterocycles. The zero-order valence-electron chi connectivity index (χ0n) is 16.4. The van der Waals surface area contributed by atoms with Gasteiger partial charge in [0.1, 0.15) is 0 Å². The Labute approximate surface area is 161 Å². The molecule has 0 fully saturated rings. The fourth-order valence-electron chi connectivity index (χ4n) is 2.67. The predicted octanol–water partition coefficient (Wildman–Crippen LogP) is 3.13. The normalized spacial score (nSPS) is 11.0. The number of rotatable bonds is 7. The molecule has 2 rings (SSSR count). The van der Waals surface area contributed by atoms with E-state index in [0.29, 0.717) is 13.1 Å². The summed E-state index contributed by atoms with van der Waals surface area (Å²) in [6.45, 7) is 4.79. The highest BCUT2D eigenvalue weighted by atomic mass is 16.2. The number of nitrogens with zero attached hydrogens (tertiary/aromatic N) is 1. The summed E-state index contributed by atoms with van der Waals surface area (Å²) in [7, 11) is 3.69. The topological polar surface area (TPSA) is 61.4 Å². The minimum absolute atomic E-state index is 0.0717. The minimum atomic E-state index is -0.156. The summed E-state index contributed by atoms with van der Waals surface area (Å²) in [4.78, 5) is 25.7. The number of carbonyl (C=O) groups excluding carboxylic acids is 2. The second kappa shape index (κ2) is 9.69. The third-order valence-electron chi connectivity index (χ3n) is 3.98. The van der Waals surface area contributed by atoms with Crippen LogP contribution in [0.5, 0.6) is 0 Å². The van der Waals surface area contributed by atoms with Gasteiger partial charge in [-0.25, -0.2) is 0 Å². The van der Waals surface area contributed by atoms with Crippen LogP contribution >= 0.6 is 0 Å². The zero-order valence-corrected chi connectivity index (χ0v) is 16.4. The number of carbonyl (C=O) groups is 2. The van der Waals surface area contributed by atoms with Crippen LogP contribution in [0.1, 0.15) is 22.3 Å². The molecule has 2 amide bonds. The average Bonchev–Trinajstić information content (AvgIpc) is 2.58. The van der Waals surface area contributed by atoms with E-state index in [2.05, 4.69) is 16.7 Å². The van der Waals surface area contributed by atoms with Gasteiger partial charge >= 0.3 is 0 Å². The summed E-state index contributed by atoms with van der Waals surface area (Å²) in [6.07, 6.45) is 3.36. The van der Waals surface area contributed by atoms with Gasteiger partial charge in [-0.15, -0.1) is 0 Å². The van der Waals surface area contributed by atoms with Crippen LogP contribution in [0.2, 0.25) is 0 Å². The Balaban J connectivity index is 1.90. The van der Waals surface area contributed by atoms with Crippen molar-refractivity contribution in [3.8, 4) is 0 Å². The van der Waals surface area contributed by atoms with Crippen LogP contribution in [0.3, 0.4) is 0 Å². The van der Waals surface area contributed by atoms with E-state index in [1.807, 2.05) is 75.3 Å². The molecule has 2 N–H and O–H groups in total. The van der Waals surface area contributed by atoms with E-state index in [0.717, 1.165) is 22.4 Å². The number of hydrogen-bond acceptors (Lipinski definition) is 3. The van der Waals surface area contributed by atoms with Crippen molar-refractivity contribution in [3.63, 3.8) is 0 Å². The van der Waals surface area contributed by atoms with Crippen LogP contribution in [-0.2, 0) is 16.1 Å². The molecule has 0 radical (unpaired) electrons. The van der Waals surface area contributed by atoms with Gasteiger partial charge < -0.3 is 15.5 Å². The Morgan fingerprint density at radius 2 is 1.85 bits per heavy atom. The van der Waals surface area contributed by atoms with Crippen molar-refractivity contribution in [1.82, 2.24) is 10.2 Å². The van der Waals surface area contributed by atoms with Crippen LogP contribution < -0.4 is 10.6 Å². The lowest BCUT2D eigenvalue weighted by Crippen LogP contribution is -2.27. The molecule has 0 bridgehead atoms. The summed E-state index contributed by atoms with van der Waals surface area (Å²) in [6, 6.07) is 13.6. The van der Waals surface area contributed by atoms with E-state index in [1.165, 1.54) is 5.56 Å². The van der Waals surface area contributed by atoms with Gasteiger partial charge in [0.25, 0.3) is 0 Å². The highest BCUT2D eigenvalue weighted by Gasteiger charge is 2.05. The highest BCUT2D eigenvalue weighted by Crippen LogP contribution is 2.12. The maximum Gasteiger partial charge on any atom is 0.244 e. The molecule has 0 aliphatic rings. The summed E-state index contributed by atoms with van der Waals surface area (Å²) < 4.78 is 0. The molecule has 0 aromatic heterocycles. The van der Waals surface area contributed by atoms with Crippen LogP contribution in [0.25, 0.3) is 6.08 Å².